The van der Waals surface area contributed by atoms with E-state index in [1.807, 2.05) is 0 Å². The van der Waals surface area contributed by atoms with Crippen molar-refractivity contribution in [2.45, 2.75) is 23.3 Å². The third kappa shape index (κ3) is 2.27. The molecule has 84 valence electrons. The van der Waals surface area contributed by atoms with Crippen LogP contribution in [-0.4, -0.2) is 51.4 Å². The molecule has 2 heterocycles. The van der Waals surface area contributed by atoms with E-state index < -0.39 is 34.3 Å². The second-order valence-corrected chi connectivity index (χ2v) is 6.03. The van der Waals surface area contributed by atoms with E-state index >= 15 is 0 Å². The van der Waals surface area contributed by atoms with Crippen molar-refractivity contribution in [2.75, 3.05) is 0 Å². The molecule has 0 aromatic carbocycles. The normalized spacial score (nSPS) is 39.0. The number of nitrogens with one attached hydrogen (secondary N) is 2. The number of nitrogens with two attached hydrogens (primary N) is 1. The molecule has 4 N–H and O–H groups in total. The Morgan fingerprint density at radius 3 is 2.27 bits per heavy atom. The molecule has 0 aromatic rings. The number of carbonyl (C=O) groups is 2. The molecule has 4 atom stereocenters. The van der Waals surface area contributed by atoms with Gasteiger partial charge in [0.1, 0.15) is 0 Å². The average molecular weight is 342 g/mol. The van der Waals surface area contributed by atoms with E-state index in [0.717, 1.165) is 16.3 Å². The van der Waals surface area contributed by atoms with Crippen molar-refractivity contribution in [3.63, 3.8) is 0 Å². The second-order valence-electron chi connectivity index (χ2n) is 3.41. The molecule has 2 aliphatic heterocycles. The minimum absolute atomic E-state index is 0.0966. The molecule has 0 aliphatic carbocycles. The molecular formula is C6H10AlIN3O4-. The van der Waals surface area contributed by atoms with Crippen LogP contribution in [0, 0.1) is 0 Å². The van der Waals surface area contributed by atoms with Gasteiger partial charge in [-0.25, -0.2) is 0 Å². The zero-order valence-electron chi connectivity index (χ0n) is 7.90. The van der Waals surface area contributed by atoms with Crippen LogP contribution in [0.5, 0.6) is 0 Å². The molecule has 9 heteroatoms. The Morgan fingerprint density at radius 1 is 1.20 bits per heavy atom. The predicted molar refractivity (Wildman–Crippen MR) is 46.3 cm³/mol. The Hall–Kier alpha value is 0.0825. The van der Waals surface area contributed by atoms with Gasteiger partial charge in [-0.15, -0.1) is 0 Å². The molecular weight excluding hydrogens is 332 g/mol. The standard InChI is InChI=1S/C6H8IN3O4.Al.2H/c8-4-3(6(12)10-4)14-7-13-2-1-9-5(2)11;;;/h1-4H,8H2,(H,9,11)(H,10,12);;;/q-1;;;. The number of hydrogen-bond acceptors (Lipinski definition) is 5. The van der Waals surface area contributed by atoms with Crippen molar-refractivity contribution < 1.29 is 37.8 Å². The van der Waals surface area contributed by atoms with Crippen molar-refractivity contribution in [1.82, 2.24) is 10.6 Å². The maximum absolute atomic E-state index is 11.0. The molecule has 15 heavy (non-hydrogen) atoms. The Morgan fingerprint density at radius 2 is 1.80 bits per heavy atom. The topological polar surface area (TPSA) is 103 Å². The van der Waals surface area contributed by atoms with Gasteiger partial charge in [-0.1, -0.05) is 0 Å². The first-order valence-corrected chi connectivity index (χ1v) is 7.34. The van der Waals surface area contributed by atoms with E-state index in [0.29, 0.717) is 0 Å². The Balaban J connectivity index is 1.66. The van der Waals surface area contributed by atoms with Crippen LogP contribution < -0.4 is 38.4 Å². The summed E-state index contributed by atoms with van der Waals surface area (Å²) in [5, 5.41) is 5.14. The molecule has 4 unspecified atom stereocenters. The molecule has 2 saturated heterocycles. The van der Waals surface area contributed by atoms with Crippen LogP contribution in [0.3, 0.4) is 0 Å². The third-order valence-electron chi connectivity index (χ3n) is 2.24. The monoisotopic (exact) mass is 342 g/mol. The van der Waals surface area contributed by atoms with Crippen molar-refractivity contribution in [1.29, 1.82) is 0 Å². The van der Waals surface area contributed by atoms with Crippen molar-refractivity contribution >= 4 is 28.1 Å². The summed E-state index contributed by atoms with van der Waals surface area (Å²) >= 11 is -0.206. The van der Waals surface area contributed by atoms with Gasteiger partial charge in [0.15, 0.2) is 0 Å². The number of rotatable bonds is 4. The van der Waals surface area contributed by atoms with Crippen molar-refractivity contribution in [3.05, 3.63) is 0 Å². The molecule has 2 fully saturated rings. The van der Waals surface area contributed by atoms with E-state index in [2.05, 4.69) is 10.6 Å². The van der Waals surface area contributed by atoms with Crippen LogP contribution in [0.2, 0.25) is 0 Å². The number of amides is 2. The summed E-state index contributed by atoms with van der Waals surface area (Å²) in [6, 6.07) is 0. The van der Waals surface area contributed by atoms with Gasteiger partial charge >= 0.3 is 106 Å². The van der Waals surface area contributed by atoms with E-state index in [1.165, 1.54) is 0 Å². The van der Waals surface area contributed by atoms with Crippen LogP contribution in [0.4, 0.5) is 0 Å². The van der Waals surface area contributed by atoms with Gasteiger partial charge in [0.2, 0.25) is 0 Å². The summed E-state index contributed by atoms with van der Waals surface area (Å²) in [6.07, 6.45) is -1.42. The zero-order chi connectivity index (χ0) is 11.0. The Bertz CT molecular complexity index is 276. The minimum atomic E-state index is -1.05. The van der Waals surface area contributed by atoms with E-state index in [-0.39, 0.29) is 22.8 Å². The van der Waals surface area contributed by atoms with Gasteiger partial charge in [0.05, 0.1) is 0 Å². The first-order chi connectivity index (χ1) is 7.09. The number of hydrogen-bond donors (Lipinski definition) is 3. The fourth-order valence-electron chi connectivity index (χ4n) is 1.21. The Kier molecular flexibility index (Phi) is 3.49. The SMILES string of the molecule is NC1NC(=O)C1O[I-]OC1C(=O)N[CH]1[AlH2]. The molecule has 2 amide bonds. The van der Waals surface area contributed by atoms with Gasteiger partial charge in [0, 0.05) is 0 Å². The number of carbonyl (C=O) groups excluding carboxylic acids is 2. The van der Waals surface area contributed by atoms with Gasteiger partial charge in [0.25, 0.3) is 0 Å². The van der Waals surface area contributed by atoms with Crippen LogP contribution in [0.15, 0.2) is 0 Å². The van der Waals surface area contributed by atoms with Gasteiger partial charge in [-0.05, 0) is 0 Å². The number of halogens is 1. The fraction of sp³-hybridized carbons (Fsp3) is 0.667. The summed E-state index contributed by atoms with van der Waals surface area (Å²) in [7, 11) is 0. The van der Waals surface area contributed by atoms with Gasteiger partial charge in [-0.3, -0.25) is 0 Å². The predicted octanol–water partition coefficient (Wildman–Crippen LogP) is -6.82. The zero-order valence-corrected chi connectivity index (χ0v) is 12.1. The first kappa shape index (κ1) is 11.6. The molecule has 0 spiro atoms. The molecule has 2 aliphatic rings. The molecule has 0 bridgehead atoms. The van der Waals surface area contributed by atoms with Crippen molar-refractivity contribution in [3.8, 4) is 0 Å². The van der Waals surface area contributed by atoms with Crippen LogP contribution in [-0.2, 0) is 15.7 Å². The summed E-state index contributed by atoms with van der Waals surface area (Å²) < 4.78 is 10.5. The quantitative estimate of drug-likeness (QED) is 0.268. The average Bonchev–Trinajstić information content (AvgIpc) is 2.17. The van der Waals surface area contributed by atoms with Crippen LogP contribution in [0.25, 0.3) is 0 Å². The van der Waals surface area contributed by atoms with Gasteiger partial charge in [-0.2, -0.15) is 0 Å². The van der Waals surface area contributed by atoms with Gasteiger partial charge < -0.3 is 0 Å². The van der Waals surface area contributed by atoms with Crippen molar-refractivity contribution in [2.24, 2.45) is 5.73 Å². The summed E-state index contributed by atoms with van der Waals surface area (Å²) in [4.78, 5) is 22.0. The van der Waals surface area contributed by atoms with E-state index in [9.17, 15) is 9.59 Å². The summed E-state index contributed by atoms with van der Waals surface area (Å²) in [5.74, 6) is -0.313. The maximum atomic E-state index is 11.0. The van der Waals surface area contributed by atoms with E-state index in [1.54, 1.807) is 0 Å². The second kappa shape index (κ2) is 4.52. The van der Waals surface area contributed by atoms with E-state index in [4.69, 9.17) is 11.9 Å². The molecule has 2 rings (SSSR count). The first-order valence-electron chi connectivity index (χ1n) is 4.42. The Labute approximate surface area is 105 Å². The molecule has 0 aromatic heterocycles. The molecule has 0 saturated carbocycles. The third-order valence-corrected chi connectivity index (χ3v) is 4.65. The summed E-state index contributed by atoms with van der Waals surface area (Å²) in [5.41, 5.74) is 5.46. The summed E-state index contributed by atoms with van der Waals surface area (Å²) in [6.45, 7) is 0. The fourth-order valence-corrected chi connectivity index (χ4v) is 4.28. The molecule has 7 nitrogen and oxygen atoms in total. The van der Waals surface area contributed by atoms with Crippen LogP contribution in [0.1, 0.15) is 0 Å². The van der Waals surface area contributed by atoms with Crippen LogP contribution >= 0.6 is 0 Å². The number of β-lactam (4-membered cyclic amide) rings is 2. The molecule has 0 radical (unpaired) electrons.